The fourth-order valence-corrected chi connectivity index (χ4v) is 2.15. The van der Waals surface area contributed by atoms with Crippen molar-refractivity contribution in [2.45, 2.75) is 46.0 Å². The Morgan fingerprint density at radius 3 is 2.59 bits per heavy atom. The predicted octanol–water partition coefficient (Wildman–Crippen LogP) is 3.65. The van der Waals surface area contributed by atoms with E-state index in [-0.39, 0.29) is 11.2 Å². The molecule has 1 aromatic rings. The van der Waals surface area contributed by atoms with Crippen LogP contribution in [0.3, 0.4) is 0 Å². The number of benzene rings is 1. The molecule has 1 heterocycles. The van der Waals surface area contributed by atoms with Gasteiger partial charge in [-0.1, -0.05) is 26.8 Å². The summed E-state index contributed by atoms with van der Waals surface area (Å²) < 4.78 is 5.70. The lowest BCUT2D eigenvalue weighted by Crippen LogP contribution is -2.13. The highest BCUT2D eigenvalue weighted by Gasteiger charge is 2.23. The van der Waals surface area contributed by atoms with E-state index in [1.807, 2.05) is 13.0 Å². The SMILES string of the molecule is Cc1cc(C(C)(C)C)cc2c1OCCCC2=O. The van der Waals surface area contributed by atoms with Crippen molar-refractivity contribution >= 4 is 5.78 Å². The summed E-state index contributed by atoms with van der Waals surface area (Å²) in [6.07, 6.45) is 1.41. The summed E-state index contributed by atoms with van der Waals surface area (Å²) in [5.41, 5.74) is 3.11. The highest BCUT2D eigenvalue weighted by atomic mass is 16.5. The van der Waals surface area contributed by atoms with E-state index in [1.54, 1.807) is 0 Å². The Kier molecular flexibility index (Phi) is 2.98. The summed E-state index contributed by atoms with van der Waals surface area (Å²) in [5, 5.41) is 0. The van der Waals surface area contributed by atoms with Crippen LogP contribution in [0.1, 0.15) is 55.1 Å². The topological polar surface area (TPSA) is 26.3 Å². The molecule has 0 bridgehead atoms. The molecule has 0 aliphatic carbocycles. The molecule has 2 nitrogen and oxygen atoms in total. The summed E-state index contributed by atoms with van der Waals surface area (Å²) in [7, 11) is 0. The average Bonchev–Trinajstić information content (AvgIpc) is 2.40. The second-order valence-electron chi connectivity index (χ2n) is 5.80. The number of fused-ring (bicyclic) bond motifs is 1. The average molecular weight is 232 g/mol. The number of carbonyl (C=O) groups excluding carboxylic acids is 1. The van der Waals surface area contributed by atoms with Crippen LogP contribution in [0, 0.1) is 6.92 Å². The Hall–Kier alpha value is -1.31. The van der Waals surface area contributed by atoms with Gasteiger partial charge in [-0.15, -0.1) is 0 Å². The van der Waals surface area contributed by atoms with Crippen LogP contribution >= 0.6 is 0 Å². The minimum absolute atomic E-state index is 0.0619. The summed E-state index contributed by atoms with van der Waals surface area (Å²) in [4.78, 5) is 12.1. The highest BCUT2D eigenvalue weighted by Crippen LogP contribution is 2.33. The largest absolute Gasteiger partial charge is 0.493 e. The zero-order chi connectivity index (χ0) is 12.6. The smallest absolute Gasteiger partial charge is 0.166 e. The summed E-state index contributed by atoms with van der Waals surface area (Å²) in [6.45, 7) is 9.16. The lowest BCUT2D eigenvalue weighted by atomic mass is 9.84. The van der Waals surface area contributed by atoms with Crippen molar-refractivity contribution in [3.63, 3.8) is 0 Å². The van der Waals surface area contributed by atoms with Gasteiger partial charge in [0.25, 0.3) is 0 Å². The first-order chi connectivity index (χ1) is 7.89. The van der Waals surface area contributed by atoms with E-state index < -0.39 is 0 Å². The molecule has 0 unspecified atom stereocenters. The van der Waals surface area contributed by atoms with E-state index in [4.69, 9.17) is 4.74 Å². The molecule has 0 radical (unpaired) electrons. The van der Waals surface area contributed by atoms with Crippen molar-refractivity contribution in [2.75, 3.05) is 6.61 Å². The molecule has 2 heteroatoms. The Morgan fingerprint density at radius 1 is 1.24 bits per heavy atom. The second kappa shape index (κ2) is 4.17. The molecular weight excluding hydrogens is 212 g/mol. The van der Waals surface area contributed by atoms with E-state index in [0.717, 1.165) is 23.3 Å². The first-order valence-corrected chi connectivity index (χ1v) is 6.21. The summed E-state index contributed by atoms with van der Waals surface area (Å²) in [5.74, 6) is 1.01. The van der Waals surface area contributed by atoms with Crippen LogP contribution in [0.4, 0.5) is 0 Å². The Morgan fingerprint density at radius 2 is 1.94 bits per heavy atom. The van der Waals surface area contributed by atoms with Crippen LogP contribution in [-0.4, -0.2) is 12.4 Å². The number of ketones is 1. The standard InChI is InChI=1S/C15H20O2/c1-10-8-11(15(2,3)4)9-12-13(16)6-5-7-17-14(10)12/h8-9H,5-7H2,1-4H3. The van der Waals surface area contributed by atoms with Crippen LogP contribution in [0.5, 0.6) is 5.75 Å². The van der Waals surface area contributed by atoms with E-state index in [1.165, 1.54) is 5.56 Å². The lowest BCUT2D eigenvalue weighted by molar-refractivity contribution is 0.0983. The van der Waals surface area contributed by atoms with E-state index in [2.05, 4.69) is 26.8 Å². The van der Waals surface area contributed by atoms with Crippen LogP contribution in [0.15, 0.2) is 12.1 Å². The van der Waals surface area contributed by atoms with Gasteiger partial charge in [-0.05, 0) is 36.0 Å². The second-order valence-corrected chi connectivity index (χ2v) is 5.80. The molecule has 0 atom stereocenters. The molecule has 92 valence electrons. The van der Waals surface area contributed by atoms with E-state index in [0.29, 0.717) is 13.0 Å². The van der Waals surface area contributed by atoms with E-state index in [9.17, 15) is 4.79 Å². The number of Topliss-reactive ketones (excluding diaryl/α,β-unsaturated/α-hetero) is 1. The van der Waals surface area contributed by atoms with Crippen molar-refractivity contribution in [3.05, 3.63) is 28.8 Å². The number of aryl methyl sites for hydroxylation is 1. The van der Waals surface area contributed by atoms with E-state index >= 15 is 0 Å². The van der Waals surface area contributed by atoms with Gasteiger partial charge in [-0.3, -0.25) is 4.79 Å². The number of carbonyl (C=O) groups is 1. The zero-order valence-electron chi connectivity index (χ0n) is 11.1. The quantitative estimate of drug-likeness (QED) is 0.682. The van der Waals surface area contributed by atoms with Crippen LogP contribution in [-0.2, 0) is 5.41 Å². The number of hydrogen-bond acceptors (Lipinski definition) is 2. The molecule has 2 rings (SSSR count). The first kappa shape index (κ1) is 12.2. The third-order valence-corrected chi connectivity index (χ3v) is 3.24. The molecule has 1 aliphatic heterocycles. The Labute approximate surface area is 103 Å². The number of ether oxygens (including phenoxy) is 1. The molecule has 0 spiro atoms. The Bertz CT molecular complexity index is 453. The van der Waals surface area contributed by atoms with Gasteiger partial charge in [0.15, 0.2) is 5.78 Å². The molecule has 0 aromatic heterocycles. The van der Waals surface area contributed by atoms with Gasteiger partial charge in [-0.2, -0.15) is 0 Å². The molecule has 1 aliphatic rings. The van der Waals surface area contributed by atoms with Crippen LogP contribution in [0.25, 0.3) is 0 Å². The fourth-order valence-electron chi connectivity index (χ4n) is 2.15. The third kappa shape index (κ3) is 2.36. The van der Waals surface area contributed by atoms with Gasteiger partial charge in [0.1, 0.15) is 5.75 Å². The van der Waals surface area contributed by atoms with Crippen molar-refractivity contribution in [3.8, 4) is 5.75 Å². The lowest BCUT2D eigenvalue weighted by Gasteiger charge is -2.22. The van der Waals surface area contributed by atoms with Crippen LogP contribution < -0.4 is 4.74 Å². The minimum atomic E-state index is 0.0619. The fraction of sp³-hybridized carbons (Fsp3) is 0.533. The van der Waals surface area contributed by atoms with Gasteiger partial charge >= 0.3 is 0 Å². The van der Waals surface area contributed by atoms with Crippen molar-refractivity contribution in [2.24, 2.45) is 0 Å². The molecule has 0 fully saturated rings. The van der Waals surface area contributed by atoms with Crippen LogP contribution in [0.2, 0.25) is 0 Å². The van der Waals surface area contributed by atoms with Gasteiger partial charge in [0.05, 0.1) is 12.2 Å². The normalized spacial score (nSPS) is 16.1. The Balaban J connectivity index is 2.58. The molecule has 17 heavy (non-hydrogen) atoms. The highest BCUT2D eigenvalue weighted by molar-refractivity contribution is 5.99. The van der Waals surface area contributed by atoms with Gasteiger partial charge in [0, 0.05) is 6.42 Å². The summed E-state index contributed by atoms with van der Waals surface area (Å²) >= 11 is 0. The monoisotopic (exact) mass is 232 g/mol. The molecule has 1 aromatic carbocycles. The molecule has 0 saturated heterocycles. The maximum atomic E-state index is 12.1. The maximum absolute atomic E-state index is 12.1. The van der Waals surface area contributed by atoms with Gasteiger partial charge < -0.3 is 4.74 Å². The molecular formula is C15H20O2. The van der Waals surface area contributed by atoms with Gasteiger partial charge in [0.2, 0.25) is 0 Å². The molecule has 0 amide bonds. The minimum Gasteiger partial charge on any atom is -0.493 e. The van der Waals surface area contributed by atoms with Gasteiger partial charge in [-0.25, -0.2) is 0 Å². The molecule has 0 saturated carbocycles. The molecule has 0 N–H and O–H groups in total. The third-order valence-electron chi connectivity index (χ3n) is 3.24. The maximum Gasteiger partial charge on any atom is 0.166 e. The van der Waals surface area contributed by atoms with Crippen molar-refractivity contribution in [1.29, 1.82) is 0 Å². The number of hydrogen-bond donors (Lipinski definition) is 0. The van der Waals surface area contributed by atoms with Crippen molar-refractivity contribution < 1.29 is 9.53 Å². The first-order valence-electron chi connectivity index (χ1n) is 6.21. The number of rotatable bonds is 0. The predicted molar refractivity (Wildman–Crippen MR) is 68.9 cm³/mol. The summed E-state index contributed by atoms with van der Waals surface area (Å²) in [6, 6.07) is 4.15. The zero-order valence-corrected chi connectivity index (χ0v) is 11.1. The van der Waals surface area contributed by atoms with Crippen molar-refractivity contribution in [1.82, 2.24) is 0 Å².